The lowest BCUT2D eigenvalue weighted by Gasteiger charge is -2.34. The Hall–Kier alpha value is -5.87. The zero-order valence-corrected chi connectivity index (χ0v) is 31.9. The fraction of sp³-hybridized carbons (Fsp3) is 0.341. The molecule has 2 amide bonds. The summed E-state index contributed by atoms with van der Waals surface area (Å²) in [4.78, 5) is 52.8. The number of benzene rings is 3. The van der Waals surface area contributed by atoms with Gasteiger partial charge < -0.3 is 49.7 Å². The minimum atomic E-state index is -1.19. The number of nitrogens with two attached hydrogens (primary N) is 1. The third-order valence-corrected chi connectivity index (χ3v) is 8.74. The Bertz CT molecular complexity index is 2100. The van der Waals surface area contributed by atoms with Crippen LogP contribution in [-0.2, 0) is 23.7 Å². The zero-order chi connectivity index (χ0) is 40.8. The van der Waals surface area contributed by atoms with Gasteiger partial charge in [-0.3, -0.25) is 9.59 Å². The Morgan fingerprint density at radius 2 is 1.32 bits per heavy atom. The van der Waals surface area contributed by atoms with Gasteiger partial charge in [-0.2, -0.15) is 0 Å². The number of carboxylic acids is 1. The minimum absolute atomic E-state index is 0.0153. The van der Waals surface area contributed by atoms with Crippen molar-refractivity contribution in [3.8, 4) is 22.8 Å². The second-order valence-electron chi connectivity index (χ2n) is 14.8. The molecule has 56 heavy (non-hydrogen) atoms. The van der Waals surface area contributed by atoms with Gasteiger partial charge in [-0.05, 0) is 48.0 Å². The fourth-order valence-corrected chi connectivity index (χ4v) is 5.75. The predicted octanol–water partition coefficient (Wildman–Crippen LogP) is 6.13. The summed E-state index contributed by atoms with van der Waals surface area (Å²) in [7, 11) is 2.67. The molecule has 296 valence electrons. The molecule has 2 aliphatic rings. The molecule has 4 aromatic rings. The molecule has 0 atom stereocenters. The number of phenols is 1. The maximum atomic E-state index is 13.3. The number of pyridine rings is 1. The zero-order valence-electron chi connectivity index (χ0n) is 31.9. The van der Waals surface area contributed by atoms with Gasteiger partial charge in [-0.25, -0.2) is 14.6 Å². The molecular formula is C41H45N3O12. The van der Waals surface area contributed by atoms with E-state index < -0.39 is 36.3 Å². The van der Waals surface area contributed by atoms with Crippen molar-refractivity contribution in [2.75, 3.05) is 46.0 Å². The van der Waals surface area contributed by atoms with Crippen LogP contribution in [0.4, 0.5) is 5.69 Å². The molecule has 15 nitrogen and oxygen atoms in total. The predicted molar refractivity (Wildman–Crippen MR) is 202 cm³/mol. The first-order valence-electron chi connectivity index (χ1n) is 17.5. The summed E-state index contributed by atoms with van der Waals surface area (Å²) < 4.78 is 32.7. The molecule has 2 fully saturated rings. The molecule has 15 heteroatoms. The number of aromatic nitrogens is 1. The number of ether oxygens (including phenoxy) is 6. The van der Waals surface area contributed by atoms with Gasteiger partial charge >= 0.3 is 11.9 Å². The molecule has 3 heterocycles. The van der Waals surface area contributed by atoms with Crippen molar-refractivity contribution in [3.05, 3.63) is 106 Å². The van der Waals surface area contributed by atoms with E-state index in [0.717, 1.165) is 0 Å². The van der Waals surface area contributed by atoms with Crippen LogP contribution in [0, 0.1) is 10.8 Å². The summed E-state index contributed by atoms with van der Waals surface area (Å²) in [6.45, 7) is 10.2. The number of methoxy groups -OCH3 is 2. The van der Waals surface area contributed by atoms with E-state index in [1.165, 1.54) is 50.6 Å². The monoisotopic (exact) mass is 771 g/mol. The molecule has 0 saturated carbocycles. The Morgan fingerprint density at radius 3 is 1.86 bits per heavy atom. The highest BCUT2D eigenvalue weighted by molar-refractivity contribution is 6.09. The normalized spacial score (nSPS) is 16.5. The molecule has 1 aromatic heterocycles. The van der Waals surface area contributed by atoms with Gasteiger partial charge in [0, 0.05) is 44.8 Å². The lowest BCUT2D eigenvalue weighted by atomic mass is 9.94. The molecule has 0 unspecified atom stereocenters. The quantitative estimate of drug-likeness (QED) is 0.141. The molecule has 3 aromatic carbocycles. The first kappa shape index (κ1) is 41.3. The summed E-state index contributed by atoms with van der Waals surface area (Å²) in [6, 6.07) is 18.6. The Labute approximate surface area is 323 Å². The van der Waals surface area contributed by atoms with Crippen LogP contribution in [0.25, 0.3) is 11.1 Å². The number of aromatic carboxylic acids is 1. The second-order valence-corrected chi connectivity index (χ2v) is 14.8. The van der Waals surface area contributed by atoms with Gasteiger partial charge in [0.2, 0.25) is 11.8 Å². The lowest BCUT2D eigenvalue weighted by molar-refractivity contribution is -0.226. The van der Waals surface area contributed by atoms with Crippen LogP contribution in [0.5, 0.6) is 11.6 Å². The first-order valence-corrected chi connectivity index (χ1v) is 17.5. The molecular weight excluding hydrogens is 726 g/mol. The third-order valence-electron chi connectivity index (χ3n) is 8.74. The summed E-state index contributed by atoms with van der Waals surface area (Å²) in [6.07, 6.45) is -1.22. The largest absolute Gasteiger partial charge is 0.507 e. The summed E-state index contributed by atoms with van der Waals surface area (Å²) >= 11 is 0. The standard InChI is InChI=1S/C27H27N3O7.C14H18O5/c1-27(2)13-36-26(37-14-27)16-7-8-18(20(12-16)25(33)34)19-9-10-21(35-3)30-22(19)24(32)29-17-6-4-5-15(11-17)23(28)31;1-14(2)7-18-13(19-8-14)9-4-5-11(15)10(6-9)12(16)17-3/h4-12,26H,13-14H2,1-3H3,(H2,28,31)(H,29,32)(H,33,34);4-6,13,15H,7-8H2,1-3H3. The van der Waals surface area contributed by atoms with Gasteiger partial charge in [0.25, 0.3) is 5.91 Å². The van der Waals surface area contributed by atoms with Crippen molar-refractivity contribution in [3.63, 3.8) is 0 Å². The maximum absolute atomic E-state index is 13.3. The summed E-state index contributed by atoms with van der Waals surface area (Å²) in [5.41, 5.74) is 7.50. The first-order chi connectivity index (χ1) is 26.5. The highest BCUT2D eigenvalue weighted by atomic mass is 16.7. The van der Waals surface area contributed by atoms with E-state index in [2.05, 4.69) is 28.9 Å². The van der Waals surface area contributed by atoms with Crippen molar-refractivity contribution in [1.82, 2.24) is 4.98 Å². The number of anilines is 1. The number of aromatic hydroxyl groups is 1. The van der Waals surface area contributed by atoms with E-state index in [-0.39, 0.29) is 56.0 Å². The second kappa shape index (κ2) is 17.3. The highest BCUT2D eigenvalue weighted by Crippen LogP contribution is 2.36. The maximum Gasteiger partial charge on any atom is 0.341 e. The van der Waals surface area contributed by atoms with E-state index >= 15 is 0 Å². The number of primary amides is 1. The molecule has 2 saturated heterocycles. The average molecular weight is 772 g/mol. The van der Waals surface area contributed by atoms with E-state index in [4.69, 9.17) is 29.4 Å². The van der Waals surface area contributed by atoms with Crippen LogP contribution in [0.1, 0.15) is 93.0 Å². The number of carboxylic acid groups (broad SMARTS) is 1. The average Bonchev–Trinajstić information content (AvgIpc) is 3.17. The lowest BCUT2D eigenvalue weighted by Crippen LogP contribution is -2.33. The van der Waals surface area contributed by atoms with E-state index in [9.17, 15) is 29.4 Å². The topological polar surface area (TPSA) is 215 Å². The van der Waals surface area contributed by atoms with Crippen LogP contribution >= 0.6 is 0 Å². The SMILES string of the molecule is COC(=O)c1cc(C2OCC(C)(C)CO2)ccc1O.COc1ccc(-c2ccc(C3OCC(C)(C)CO3)cc2C(=O)O)c(C(=O)Nc2cccc(C(N)=O)c2)n1. The number of hydrogen-bond donors (Lipinski definition) is 4. The smallest absolute Gasteiger partial charge is 0.341 e. The molecule has 5 N–H and O–H groups in total. The van der Waals surface area contributed by atoms with Gasteiger partial charge in [0.1, 0.15) is 17.0 Å². The number of amides is 2. The van der Waals surface area contributed by atoms with Crippen LogP contribution in [-0.4, -0.2) is 79.6 Å². The van der Waals surface area contributed by atoms with Crippen molar-refractivity contribution in [2.45, 2.75) is 40.3 Å². The Balaban J connectivity index is 0.000000265. The van der Waals surface area contributed by atoms with Crippen LogP contribution in [0.2, 0.25) is 0 Å². The molecule has 0 bridgehead atoms. The molecule has 2 aliphatic heterocycles. The van der Waals surface area contributed by atoms with Crippen LogP contribution < -0.4 is 15.8 Å². The number of phenolic OH excluding ortho intramolecular Hbond substituents is 1. The summed E-state index contributed by atoms with van der Waals surface area (Å²) in [5, 5.41) is 22.3. The van der Waals surface area contributed by atoms with E-state index in [1.807, 2.05) is 13.8 Å². The number of rotatable bonds is 9. The molecule has 6 rings (SSSR count). The Kier molecular flexibility index (Phi) is 12.8. The van der Waals surface area contributed by atoms with Crippen LogP contribution in [0.3, 0.4) is 0 Å². The number of nitrogens with zero attached hydrogens (tertiary/aromatic N) is 1. The molecule has 0 spiro atoms. The van der Waals surface area contributed by atoms with Crippen molar-refractivity contribution >= 4 is 29.4 Å². The highest BCUT2D eigenvalue weighted by Gasteiger charge is 2.32. The van der Waals surface area contributed by atoms with Gasteiger partial charge in [-0.15, -0.1) is 0 Å². The number of carbonyl (C=O) groups is 4. The molecule has 0 aliphatic carbocycles. The van der Waals surface area contributed by atoms with E-state index in [0.29, 0.717) is 43.2 Å². The van der Waals surface area contributed by atoms with Gasteiger partial charge in [-0.1, -0.05) is 52.0 Å². The van der Waals surface area contributed by atoms with Crippen molar-refractivity contribution < 1.29 is 57.8 Å². The van der Waals surface area contributed by atoms with Crippen molar-refractivity contribution in [1.29, 1.82) is 0 Å². The van der Waals surface area contributed by atoms with Gasteiger partial charge in [0.05, 0.1) is 46.2 Å². The number of hydrogen-bond acceptors (Lipinski definition) is 12. The molecule has 0 radical (unpaired) electrons. The number of nitrogens with one attached hydrogen (secondary N) is 1. The van der Waals surface area contributed by atoms with Crippen LogP contribution in [0.15, 0.2) is 72.8 Å². The number of esters is 1. The minimum Gasteiger partial charge on any atom is -0.507 e. The number of carbonyl (C=O) groups excluding carboxylic acids is 3. The Morgan fingerprint density at radius 1 is 0.768 bits per heavy atom. The van der Waals surface area contributed by atoms with Crippen molar-refractivity contribution in [2.24, 2.45) is 16.6 Å². The third kappa shape index (κ3) is 10.1. The van der Waals surface area contributed by atoms with Gasteiger partial charge in [0.15, 0.2) is 12.6 Å². The fourth-order valence-electron chi connectivity index (χ4n) is 5.75. The summed E-state index contributed by atoms with van der Waals surface area (Å²) in [5.74, 6) is -3.00. The van der Waals surface area contributed by atoms with E-state index in [1.54, 1.807) is 36.4 Å².